The van der Waals surface area contributed by atoms with E-state index in [2.05, 4.69) is 0 Å². The second-order valence-corrected chi connectivity index (χ2v) is 5.15. The van der Waals surface area contributed by atoms with E-state index in [9.17, 15) is 9.59 Å². The minimum Gasteiger partial charge on any atom is -0.480 e. The van der Waals surface area contributed by atoms with Crippen molar-refractivity contribution in [3.05, 3.63) is 35.6 Å². The Morgan fingerprint density at radius 3 is 2.90 bits per heavy atom. The fraction of sp³-hybridized carbons (Fsp3) is 0.333. The Hall–Kier alpha value is -2.30. The van der Waals surface area contributed by atoms with Gasteiger partial charge in [-0.3, -0.25) is 4.79 Å². The highest BCUT2D eigenvalue weighted by Crippen LogP contribution is 2.25. The molecule has 5 heteroatoms. The van der Waals surface area contributed by atoms with E-state index in [0.29, 0.717) is 25.0 Å². The molecule has 0 unspecified atom stereocenters. The third-order valence-electron chi connectivity index (χ3n) is 3.68. The lowest BCUT2D eigenvalue weighted by molar-refractivity contribution is -0.141. The molecule has 1 aromatic heterocycles. The van der Waals surface area contributed by atoms with Crippen molar-refractivity contribution in [2.75, 3.05) is 6.54 Å². The third kappa shape index (κ3) is 2.05. The first-order valence-corrected chi connectivity index (χ1v) is 6.60. The Labute approximate surface area is 115 Å². The highest BCUT2D eigenvalue weighted by Gasteiger charge is 2.35. The molecule has 104 valence electrons. The number of carboxylic acid groups (broad SMARTS) is 1. The first-order valence-electron chi connectivity index (χ1n) is 6.60. The van der Waals surface area contributed by atoms with Gasteiger partial charge in [0.05, 0.1) is 0 Å². The van der Waals surface area contributed by atoms with Crippen LogP contribution in [-0.2, 0) is 4.79 Å². The summed E-state index contributed by atoms with van der Waals surface area (Å²) in [5, 5.41) is 9.99. The number of furan rings is 1. The van der Waals surface area contributed by atoms with Crippen molar-refractivity contribution < 1.29 is 19.1 Å². The van der Waals surface area contributed by atoms with Crippen LogP contribution in [0.15, 0.2) is 28.7 Å². The van der Waals surface area contributed by atoms with Crippen molar-refractivity contribution in [2.45, 2.75) is 25.8 Å². The van der Waals surface area contributed by atoms with E-state index in [1.54, 1.807) is 6.07 Å². The van der Waals surface area contributed by atoms with Gasteiger partial charge >= 0.3 is 5.97 Å². The van der Waals surface area contributed by atoms with E-state index in [4.69, 9.17) is 9.52 Å². The summed E-state index contributed by atoms with van der Waals surface area (Å²) in [6.45, 7) is 2.43. The number of hydrogen-bond donors (Lipinski definition) is 1. The zero-order valence-corrected chi connectivity index (χ0v) is 11.1. The van der Waals surface area contributed by atoms with Gasteiger partial charge in [0, 0.05) is 11.9 Å². The van der Waals surface area contributed by atoms with Gasteiger partial charge in [0.2, 0.25) is 0 Å². The summed E-state index contributed by atoms with van der Waals surface area (Å²) in [5.74, 6) is -1.09. The highest BCUT2D eigenvalue weighted by molar-refractivity contribution is 5.98. The predicted molar refractivity (Wildman–Crippen MR) is 72.6 cm³/mol. The van der Waals surface area contributed by atoms with Crippen LogP contribution in [0.25, 0.3) is 11.0 Å². The van der Waals surface area contributed by atoms with Gasteiger partial charge in [0.25, 0.3) is 5.91 Å². The molecule has 1 saturated heterocycles. The van der Waals surface area contributed by atoms with Crippen molar-refractivity contribution in [3.8, 4) is 0 Å². The minimum absolute atomic E-state index is 0.207. The summed E-state index contributed by atoms with van der Waals surface area (Å²) in [4.78, 5) is 24.9. The van der Waals surface area contributed by atoms with E-state index in [1.807, 2.05) is 25.1 Å². The van der Waals surface area contributed by atoms with Gasteiger partial charge in [-0.05, 0) is 38.0 Å². The lowest BCUT2D eigenvalue weighted by Crippen LogP contribution is -2.40. The minimum atomic E-state index is -0.956. The highest BCUT2D eigenvalue weighted by atomic mass is 16.4. The number of amides is 1. The van der Waals surface area contributed by atoms with Gasteiger partial charge in [-0.15, -0.1) is 0 Å². The molecule has 0 spiro atoms. The van der Waals surface area contributed by atoms with Crippen LogP contribution in [0.2, 0.25) is 0 Å². The lowest BCUT2D eigenvalue weighted by atomic mass is 10.2. The molecule has 1 N–H and O–H groups in total. The number of carboxylic acids is 1. The van der Waals surface area contributed by atoms with Crippen molar-refractivity contribution in [3.63, 3.8) is 0 Å². The molecule has 3 rings (SSSR count). The number of likely N-dealkylation sites (tertiary alicyclic amines) is 1. The van der Waals surface area contributed by atoms with Crippen molar-refractivity contribution in [2.24, 2.45) is 0 Å². The smallest absolute Gasteiger partial charge is 0.326 e. The zero-order valence-electron chi connectivity index (χ0n) is 11.1. The topological polar surface area (TPSA) is 70.8 Å². The monoisotopic (exact) mass is 273 g/mol. The van der Waals surface area contributed by atoms with Gasteiger partial charge in [-0.1, -0.05) is 11.6 Å². The maximum atomic E-state index is 12.4. The average molecular weight is 273 g/mol. The van der Waals surface area contributed by atoms with Crippen LogP contribution in [0.5, 0.6) is 0 Å². The third-order valence-corrected chi connectivity index (χ3v) is 3.68. The molecule has 0 bridgehead atoms. The fourth-order valence-corrected chi connectivity index (χ4v) is 2.68. The molecule has 1 aliphatic rings. The standard InChI is InChI=1S/C15H15NO4/c1-9-4-5-12-10(7-9)8-13(20-12)14(17)16-6-2-3-11(16)15(18)19/h4-5,7-8,11H,2-3,6H2,1H3,(H,18,19)/t11-/m1/s1. The summed E-state index contributed by atoms with van der Waals surface area (Å²) in [6, 6.07) is 6.61. The van der Waals surface area contributed by atoms with E-state index in [-0.39, 0.29) is 11.7 Å². The first kappa shape index (κ1) is 12.7. The summed E-state index contributed by atoms with van der Waals surface area (Å²) in [7, 11) is 0. The normalized spacial score (nSPS) is 18.6. The average Bonchev–Trinajstić information content (AvgIpc) is 3.03. The van der Waals surface area contributed by atoms with Crippen LogP contribution in [-0.4, -0.2) is 34.5 Å². The van der Waals surface area contributed by atoms with Crippen LogP contribution in [0.1, 0.15) is 29.0 Å². The largest absolute Gasteiger partial charge is 0.480 e. The Morgan fingerprint density at radius 2 is 2.15 bits per heavy atom. The molecular formula is C15H15NO4. The second-order valence-electron chi connectivity index (χ2n) is 5.15. The van der Waals surface area contributed by atoms with Crippen LogP contribution >= 0.6 is 0 Å². The molecule has 1 atom stereocenters. The number of benzene rings is 1. The van der Waals surface area contributed by atoms with Gasteiger partial charge in [-0.25, -0.2) is 4.79 Å². The molecule has 5 nitrogen and oxygen atoms in total. The number of nitrogens with zero attached hydrogens (tertiary/aromatic N) is 1. The predicted octanol–water partition coefficient (Wildman–Crippen LogP) is 2.43. The number of aliphatic carboxylic acids is 1. The van der Waals surface area contributed by atoms with E-state index < -0.39 is 12.0 Å². The molecule has 2 aromatic rings. The van der Waals surface area contributed by atoms with Crippen LogP contribution < -0.4 is 0 Å². The Balaban J connectivity index is 1.94. The number of carbonyl (C=O) groups is 2. The first-order chi connectivity index (χ1) is 9.56. The van der Waals surface area contributed by atoms with E-state index in [0.717, 1.165) is 10.9 Å². The maximum Gasteiger partial charge on any atom is 0.326 e. The molecule has 0 saturated carbocycles. The van der Waals surface area contributed by atoms with E-state index >= 15 is 0 Å². The van der Waals surface area contributed by atoms with Crippen molar-refractivity contribution in [1.82, 2.24) is 4.90 Å². The lowest BCUT2D eigenvalue weighted by Gasteiger charge is -2.19. The molecule has 2 heterocycles. The number of hydrogen-bond acceptors (Lipinski definition) is 3. The molecule has 0 aliphatic carbocycles. The summed E-state index contributed by atoms with van der Waals surface area (Å²) in [6.07, 6.45) is 1.21. The second kappa shape index (κ2) is 4.67. The molecule has 0 radical (unpaired) electrons. The molecule has 1 fully saturated rings. The maximum absolute atomic E-state index is 12.4. The Morgan fingerprint density at radius 1 is 1.35 bits per heavy atom. The summed E-state index contributed by atoms with van der Waals surface area (Å²) >= 11 is 0. The Bertz CT molecular complexity index is 688. The fourth-order valence-electron chi connectivity index (χ4n) is 2.68. The Kier molecular flexibility index (Phi) is 2.97. The quantitative estimate of drug-likeness (QED) is 0.912. The number of carbonyl (C=O) groups excluding carboxylic acids is 1. The van der Waals surface area contributed by atoms with Gasteiger partial charge in [-0.2, -0.15) is 0 Å². The molecular weight excluding hydrogens is 258 g/mol. The van der Waals surface area contributed by atoms with Gasteiger partial charge < -0.3 is 14.4 Å². The molecule has 1 aliphatic heterocycles. The summed E-state index contributed by atoms with van der Waals surface area (Å²) < 4.78 is 5.54. The summed E-state index contributed by atoms with van der Waals surface area (Å²) in [5.41, 5.74) is 1.73. The molecule has 1 amide bonds. The SMILES string of the molecule is Cc1ccc2oc(C(=O)N3CCC[C@@H]3C(=O)O)cc2c1. The van der Waals surface area contributed by atoms with Gasteiger partial charge in [0.1, 0.15) is 11.6 Å². The van der Waals surface area contributed by atoms with Crippen LogP contribution in [0.3, 0.4) is 0 Å². The number of rotatable bonds is 2. The number of aryl methyl sites for hydroxylation is 1. The zero-order chi connectivity index (χ0) is 14.3. The van der Waals surface area contributed by atoms with Crippen LogP contribution in [0.4, 0.5) is 0 Å². The molecule has 1 aromatic carbocycles. The van der Waals surface area contributed by atoms with Gasteiger partial charge in [0.15, 0.2) is 5.76 Å². The molecule has 20 heavy (non-hydrogen) atoms. The van der Waals surface area contributed by atoms with E-state index in [1.165, 1.54) is 4.90 Å². The number of fused-ring (bicyclic) bond motifs is 1. The van der Waals surface area contributed by atoms with Crippen molar-refractivity contribution in [1.29, 1.82) is 0 Å². The van der Waals surface area contributed by atoms with Crippen LogP contribution in [0, 0.1) is 6.92 Å². The van der Waals surface area contributed by atoms with Crippen molar-refractivity contribution >= 4 is 22.8 Å².